The summed E-state index contributed by atoms with van der Waals surface area (Å²) in [4.78, 5) is 31.4. The van der Waals surface area contributed by atoms with Gasteiger partial charge in [0.1, 0.15) is 0 Å². The molecule has 0 saturated heterocycles. The molecule has 0 aliphatic heterocycles. The van der Waals surface area contributed by atoms with Gasteiger partial charge in [0.25, 0.3) is 5.91 Å². The highest BCUT2D eigenvalue weighted by molar-refractivity contribution is 7.22. The lowest BCUT2D eigenvalue weighted by Gasteiger charge is -2.21. The van der Waals surface area contributed by atoms with Crippen molar-refractivity contribution >= 4 is 44.1 Å². The largest absolute Gasteiger partial charge is 0.493 e. The first kappa shape index (κ1) is 23.4. The van der Waals surface area contributed by atoms with Crippen molar-refractivity contribution in [3.63, 3.8) is 0 Å². The number of ketones is 1. The minimum atomic E-state index is -0.269. The summed E-state index contributed by atoms with van der Waals surface area (Å²) in [7, 11) is 1.50. The summed E-state index contributed by atoms with van der Waals surface area (Å²) in [5.41, 5.74) is 3.25. The van der Waals surface area contributed by atoms with Gasteiger partial charge in [-0.3, -0.25) is 14.5 Å². The monoisotopic (exact) mass is 474 g/mol. The summed E-state index contributed by atoms with van der Waals surface area (Å²) in [5, 5.41) is 0.575. The van der Waals surface area contributed by atoms with Crippen molar-refractivity contribution in [1.29, 1.82) is 0 Å². The Morgan fingerprint density at radius 3 is 2.38 bits per heavy atom. The molecule has 0 radical (unpaired) electrons. The fourth-order valence-corrected chi connectivity index (χ4v) is 4.54. The number of fused-ring (bicyclic) bond motifs is 1. The normalized spacial score (nSPS) is 11.0. The van der Waals surface area contributed by atoms with Crippen LogP contribution in [0.15, 0.2) is 66.7 Å². The molecule has 0 fully saturated rings. The number of ether oxygens (including phenoxy) is 2. The molecule has 1 amide bonds. The fraction of sp³-hybridized carbons (Fsp3) is 0.222. The number of hydrogen-bond donors (Lipinski definition) is 0. The van der Waals surface area contributed by atoms with Gasteiger partial charge in [-0.2, -0.15) is 0 Å². The fourth-order valence-electron chi connectivity index (χ4n) is 3.53. The minimum absolute atomic E-state index is 0.0761. The van der Waals surface area contributed by atoms with Crippen molar-refractivity contribution < 1.29 is 19.1 Å². The van der Waals surface area contributed by atoms with E-state index in [1.165, 1.54) is 30.9 Å². The van der Waals surface area contributed by atoms with E-state index in [-0.39, 0.29) is 18.3 Å². The van der Waals surface area contributed by atoms with Crippen LogP contribution in [0, 0.1) is 0 Å². The van der Waals surface area contributed by atoms with Crippen molar-refractivity contribution in [3.05, 3.63) is 77.9 Å². The molecule has 4 rings (SSSR count). The zero-order valence-corrected chi connectivity index (χ0v) is 20.4. The second kappa shape index (κ2) is 10.1. The molecule has 0 saturated carbocycles. The second-order valence-corrected chi connectivity index (χ2v) is 9.16. The lowest BCUT2D eigenvalue weighted by Crippen LogP contribution is -2.31. The number of hydrogen-bond acceptors (Lipinski definition) is 6. The number of methoxy groups -OCH3 is 1. The van der Waals surface area contributed by atoms with Crippen molar-refractivity contribution in [2.75, 3.05) is 18.6 Å². The number of carbonyl (C=O) groups excluding carboxylic acids is 2. The lowest BCUT2D eigenvalue weighted by atomic mass is 10.0. The molecule has 174 valence electrons. The summed E-state index contributed by atoms with van der Waals surface area (Å²) in [6.45, 7) is 5.52. The number of nitrogens with zero attached hydrogens (tertiary/aromatic N) is 2. The van der Waals surface area contributed by atoms with Crippen LogP contribution in [0.5, 0.6) is 11.5 Å². The van der Waals surface area contributed by atoms with Crippen LogP contribution in [0.4, 0.5) is 10.8 Å². The maximum absolute atomic E-state index is 13.5. The van der Waals surface area contributed by atoms with E-state index in [1.807, 2.05) is 48.5 Å². The van der Waals surface area contributed by atoms with Crippen LogP contribution in [0.1, 0.15) is 42.6 Å². The van der Waals surface area contributed by atoms with E-state index in [2.05, 4.69) is 13.8 Å². The number of benzene rings is 3. The van der Waals surface area contributed by atoms with E-state index in [0.717, 1.165) is 15.9 Å². The molecule has 0 spiro atoms. The van der Waals surface area contributed by atoms with Gasteiger partial charge < -0.3 is 9.47 Å². The van der Waals surface area contributed by atoms with Gasteiger partial charge in [0.2, 0.25) is 0 Å². The van der Waals surface area contributed by atoms with Gasteiger partial charge in [0.15, 0.2) is 29.0 Å². The highest BCUT2D eigenvalue weighted by Gasteiger charge is 2.23. The molecular formula is C27H26N2O4S. The first-order valence-corrected chi connectivity index (χ1v) is 11.8. The van der Waals surface area contributed by atoms with E-state index >= 15 is 0 Å². The zero-order valence-electron chi connectivity index (χ0n) is 19.6. The van der Waals surface area contributed by atoms with Gasteiger partial charge in [0, 0.05) is 5.56 Å². The summed E-state index contributed by atoms with van der Waals surface area (Å²) in [6, 6.07) is 20.6. The third kappa shape index (κ3) is 4.94. The number of Topliss-reactive ketones (excluding diaryl/α,β-unsaturated/α-hetero) is 1. The maximum Gasteiger partial charge on any atom is 0.271 e. The third-order valence-electron chi connectivity index (χ3n) is 5.46. The van der Waals surface area contributed by atoms with Crippen LogP contribution in [0.2, 0.25) is 0 Å². The first-order valence-electron chi connectivity index (χ1n) is 11.0. The predicted octanol–water partition coefficient (Wildman–Crippen LogP) is 6.37. The van der Waals surface area contributed by atoms with Crippen LogP contribution in [0.3, 0.4) is 0 Å². The standard InChI is InChI=1S/C27H26N2O4S/c1-17(2)19-9-12-21(13-10-19)29(27-28-22-7-5-6-8-25(22)34-27)26(31)16-33-23-14-11-20(18(3)30)15-24(23)32-4/h5-15,17H,16H2,1-4H3. The average molecular weight is 475 g/mol. The van der Waals surface area contributed by atoms with Crippen molar-refractivity contribution in [2.45, 2.75) is 26.7 Å². The molecule has 34 heavy (non-hydrogen) atoms. The summed E-state index contributed by atoms with van der Waals surface area (Å²) < 4.78 is 12.2. The Labute approximate surface area is 202 Å². The molecule has 6 nitrogen and oxygen atoms in total. The molecule has 1 aromatic heterocycles. The highest BCUT2D eigenvalue weighted by atomic mass is 32.1. The summed E-state index contributed by atoms with van der Waals surface area (Å²) in [5.74, 6) is 0.824. The lowest BCUT2D eigenvalue weighted by molar-refractivity contribution is -0.119. The number of para-hydroxylation sites is 1. The van der Waals surface area contributed by atoms with Gasteiger partial charge in [0.05, 0.1) is 23.0 Å². The summed E-state index contributed by atoms with van der Waals surface area (Å²) in [6.07, 6.45) is 0. The Bertz CT molecular complexity index is 1300. The molecule has 0 aliphatic rings. The molecule has 4 aromatic rings. The predicted molar refractivity (Wildman–Crippen MR) is 136 cm³/mol. The van der Waals surface area contributed by atoms with Gasteiger partial charge in [-0.25, -0.2) is 4.98 Å². The molecule has 0 bridgehead atoms. The Morgan fingerprint density at radius 2 is 1.74 bits per heavy atom. The van der Waals surface area contributed by atoms with Gasteiger partial charge >= 0.3 is 0 Å². The van der Waals surface area contributed by atoms with E-state index < -0.39 is 0 Å². The van der Waals surface area contributed by atoms with E-state index in [1.54, 1.807) is 23.1 Å². The molecular weight excluding hydrogens is 448 g/mol. The molecule has 0 N–H and O–H groups in total. The van der Waals surface area contributed by atoms with Crippen LogP contribution in [0.25, 0.3) is 10.2 Å². The Kier molecular flexibility index (Phi) is 6.93. The molecule has 0 unspecified atom stereocenters. The number of carbonyl (C=O) groups is 2. The Balaban J connectivity index is 1.64. The number of anilines is 2. The number of amides is 1. The van der Waals surface area contributed by atoms with Crippen LogP contribution >= 0.6 is 11.3 Å². The topological polar surface area (TPSA) is 68.7 Å². The molecule has 1 heterocycles. The first-order chi connectivity index (χ1) is 16.4. The molecule has 7 heteroatoms. The van der Waals surface area contributed by atoms with Crippen LogP contribution < -0.4 is 14.4 Å². The third-order valence-corrected chi connectivity index (χ3v) is 6.48. The minimum Gasteiger partial charge on any atom is -0.493 e. The Hall–Kier alpha value is -3.71. The summed E-state index contributed by atoms with van der Waals surface area (Å²) >= 11 is 1.45. The smallest absolute Gasteiger partial charge is 0.271 e. The van der Waals surface area contributed by atoms with E-state index in [9.17, 15) is 9.59 Å². The molecule has 0 atom stereocenters. The van der Waals surface area contributed by atoms with Crippen LogP contribution in [-0.2, 0) is 4.79 Å². The van der Waals surface area contributed by atoms with Crippen molar-refractivity contribution in [3.8, 4) is 11.5 Å². The number of thiazole rings is 1. The highest BCUT2D eigenvalue weighted by Crippen LogP contribution is 2.35. The van der Waals surface area contributed by atoms with E-state index in [0.29, 0.717) is 28.1 Å². The SMILES string of the molecule is COc1cc(C(C)=O)ccc1OCC(=O)N(c1ccc(C(C)C)cc1)c1nc2ccccc2s1. The van der Waals surface area contributed by atoms with Gasteiger partial charge in [-0.15, -0.1) is 0 Å². The molecule has 0 aliphatic carbocycles. The van der Waals surface area contributed by atoms with Gasteiger partial charge in [-0.1, -0.05) is 49.4 Å². The maximum atomic E-state index is 13.5. The van der Waals surface area contributed by atoms with Gasteiger partial charge in [-0.05, 0) is 60.9 Å². The second-order valence-electron chi connectivity index (χ2n) is 8.15. The quantitative estimate of drug-likeness (QED) is 0.277. The average Bonchev–Trinajstić information content (AvgIpc) is 3.26. The number of aromatic nitrogens is 1. The zero-order chi connectivity index (χ0) is 24.2. The number of rotatable bonds is 8. The van der Waals surface area contributed by atoms with E-state index in [4.69, 9.17) is 14.5 Å². The Morgan fingerprint density at radius 1 is 1.00 bits per heavy atom. The van der Waals surface area contributed by atoms with Crippen molar-refractivity contribution in [1.82, 2.24) is 4.98 Å². The van der Waals surface area contributed by atoms with Crippen LogP contribution in [-0.4, -0.2) is 30.4 Å². The molecule has 3 aromatic carbocycles. The van der Waals surface area contributed by atoms with Crippen molar-refractivity contribution in [2.24, 2.45) is 0 Å².